The number of carbonyl (C=O) groups excluding carboxylic acids is 1. The number of ether oxygens (including phenoxy) is 3. The van der Waals surface area contributed by atoms with Gasteiger partial charge < -0.3 is 19.5 Å². The normalized spacial score (nSPS) is 17.6. The zero-order chi connectivity index (χ0) is 25.8. The highest BCUT2D eigenvalue weighted by Crippen LogP contribution is 2.39. The lowest BCUT2D eigenvalue weighted by atomic mass is 9.94. The molecule has 0 spiro atoms. The second-order valence-electron chi connectivity index (χ2n) is 9.28. The van der Waals surface area contributed by atoms with Crippen LogP contribution in [0.5, 0.6) is 11.5 Å². The zero-order valence-corrected chi connectivity index (χ0v) is 21.8. The second kappa shape index (κ2) is 11.3. The molecule has 3 aromatic rings. The van der Waals surface area contributed by atoms with Crippen molar-refractivity contribution in [1.29, 1.82) is 0 Å². The van der Waals surface area contributed by atoms with E-state index in [1.807, 2.05) is 56.3 Å². The van der Waals surface area contributed by atoms with Gasteiger partial charge >= 0.3 is 5.97 Å². The molecule has 1 aliphatic heterocycles. The summed E-state index contributed by atoms with van der Waals surface area (Å²) in [6, 6.07) is 12.7. The molecule has 0 radical (unpaired) electrons. The van der Waals surface area contributed by atoms with Crippen molar-refractivity contribution in [2.45, 2.75) is 64.7 Å². The van der Waals surface area contributed by atoms with Gasteiger partial charge in [-0.05, 0) is 63.3 Å². The Balaban J connectivity index is 1.46. The quantitative estimate of drug-likeness (QED) is 0.359. The van der Waals surface area contributed by atoms with Gasteiger partial charge in [0, 0.05) is 16.3 Å². The molecule has 1 atom stereocenters. The number of nitrogens with one attached hydrogen (secondary N) is 1. The third-order valence-corrected chi connectivity index (χ3v) is 7.13. The van der Waals surface area contributed by atoms with E-state index in [-0.39, 0.29) is 12.1 Å². The van der Waals surface area contributed by atoms with E-state index in [0.29, 0.717) is 47.0 Å². The first-order chi connectivity index (χ1) is 18.0. The number of halogens is 1. The number of aromatic nitrogens is 3. The fourth-order valence-corrected chi connectivity index (χ4v) is 5.10. The number of esters is 1. The Hall–Kier alpha value is -3.52. The van der Waals surface area contributed by atoms with Crippen molar-refractivity contribution < 1.29 is 19.0 Å². The number of carbonyl (C=O) groups is 1. The summed E-state index contributed by atoms with van der Waals surface area (Å²) in [5, 5.41) is 8.27. The van der Waals surface area contributed by atoms with Gasteiger partial charge in [0.25, 0.3) is 0 Å². The molecule has 1 fully saturated rings. The maximum absolute atomic E-state index is 13.5. The maximum Gasteiger partial charge on any atom is 0.338 e. The third kappa shape index (κ3) is 5.44. The lowest BCUT2D eigenvalue weighted by molar-refractivity contribution is -0.146. The Morgan fingerprint density at radius 2 is 1.92 bits per heavy atom. The number of hydrogen-bond acceptors (Lipinski definition) is 7. The molecule has 1 N–H and O–H groups in total. The standard InChI is InChI=1S/C28H31ClN4O4/c1-3-35-24-15-19(13-14-23(24)36-16-20-9-7-8-12-22(20)29)26-25(18(2)32-28-30-17-31-33(26)28)27(34)37-21-10-5-4-6-11-21/h7-9,12-15,17,21,26H,3-6,10-11,16H2,1-2H3,(H,30,31,32). The Bertz CT molecular complexity index is 1300. The fraction of sp³-hybridized carbons (Fsp3) is 0.393. The molecule has 9 heteroatoms. The minimum absolute atomic E-state index is 0.0566. The number of anilines is 1. The van der Waals surface area contributed by atoms with Gasteiger partial charge in [0.1, 0.15) is 25.1 Å². The van der Waals surface area contributed by atoms with Crippen LogP contribution in [-0.4, -0.2) is 33.4 Å². The Kier molecular flexibility index (Phi) is 7.65. The van der Waals surface area contributed by atoms with Crippen LogP contribution < -0.4 is 14.8 Å². The van der Waals surface area contributed by atoms with Crippen LogP contribution in [0.1, 0.15) is 63.1 Å². The van der Waals surface area contributed by atoms with Crippen LogP contribution in [0.25, 0.3) is 0 Å². The summed E-state index contributed by atoms with van der Waals surface area (Å²) in [6.07, 6.45) is 6.57. The number of nitrogens with zero attached hydrogens (tertiary/aromatic N) is 3. The van der Waals surface area contributed by atoms with E-state index in [2.05, 4.69) is 15.4 Å². The highest BCUT2D eigenvalue weighted by molar-refractivity contribution is 6.31. The molecule has 37 heavy (non-hydrogen) atoms. The minimum Gasteiger partial charge on any atom is -0.490 e. The zero-order valence-electron chi connectivity index (χ0n) is 21.1. The maximum atomic E-state index is 13.5. The molecule has 1 aromatic heterocycles. The summed E-state index contributed by atoms with van der Waals surface area (Å²) in [6.45, 7) is 4.55. The third-order valence-electron chi connectivity index (χ3n) is 6.76. The van der Waals surface area contributed by atoms with Crippen molar-refractivity contribution in [3.63, 3.8) is 0 Å². The minimum atomic E-state index is -0.522. The second-order valence-corrected chi connectivity index (χ2v) is 9.69. The average Bonchev–Trinajstić information content (AvgIpc) is 3.36. The largest absolute Gasteiger partial charge is 0.490 e. The molecule has 8 nitrogen and oxygen atoms in total. The summed E-state index contributed by atoms with van der Waals surface area (Å²) >= 11 is 6.30. The molecule has 0 amide bonds. The van der Waals surface area contributed by atoms with Crippen LogP contribution in [0.15, 0.2) is 60.1 Å². The van der Waals surface area contributed by atoms with E-state index in [1.165, 1.54) is 12.7 Å². The first-order valence-electron chi connectivity index (χ1n) is 12.8. The van der Waals surface area contributed by atoms with E-state index in [1.54, 1.807) is 4.68 Å². The van der Waals surface area contributed by atoms with Crippen molar-refractivity contribution in [2.24, 2.45) is 0 Å². The van der Waals surface area contributed by atoms with Crippen LogP contribution in [0.3, 0.4) is 0 Å². The van der Waals surface area contributed by atoms with Crippen LogP contribution in [0.4, 0.5) is 5.95 Å². The number of allylic oxidation sites excluding steroid dienone is 1. The summed E-state index contributed by atoms with van der Waals surface area (Å²) in [7, 11) is 0. The number of benzene rings is 2. The van der Waals surface area contributed by atoms with Crippen LogP contribution in [0, 0.1) is 0 Å². The smallest absolute Gasteiger partial charge is 0.338 e. The average molecular weight is 523 g/mol. The molecule has 1 aliphatic carbocycles. The summed E-state index contributed by atoms with van der Waals surface area (Å²) in [4.78, 5) is 17.8. The van der Waals surface area contributed by atoms with Crippen LogP contribution in [-0.2, 0) is 16.1 Å². The molecule has 1 saturated carbocycles. The Morgan fingerprint density at radius 1 is 1.11 bits per heavy atom. The molecule has 2 aliphatic rings. The molecule has 194 valence electrons. The monoisotopic (exact) mass is 522 g/mol. The molecular weight excluding hydrogens is 492 g/mol. The molecule has 5 rings (SSSR count). The van der Waals surface area contributed by atoms with E-state index >= 15 is 0 Å². The lowest BCUT2D eigenvalue weighted by Gasteiger charge is -2.30. The summed E-state index contributed by atoms with van der Waals surface area (Å²) in [5.74, 6) is 1.39. The van der Waals surface area contributed by atoms with Crippen molar-refractivity contribution >= 4 is 23.5 Å². The van der Waals surface area contributed by atoms with E-state index in [0.717, 1.165) is 36.8 Å². The predicted octanol–water partition coefficient (Wildman–Crippen LogP) is 6.07. The van der Waals surface area contributed by atoms with Gasteiger partial charge in [-0.15, -0.1) is 0 Å². The summed E-state index contributed by atoms with van der Waals surface area (Å²) < 4.78 is 19.7. The van der Waals surface area contributed by atoms with Gasteiger partial charge in [0.15, 0.2) is 11.5 Å². The van der Waals surface area contributed by atoms with Crippen molar-refractivity contribution in [2.75, 3.05) is 11.9 Å². The molecule has 0 bridgehead atoms. The van der Waals surface area contributed by atoms with Crippen molar-refractivity contribution in [1.82, 2.24) is 14.8 Å². The Labute approximate surface area is 221 Å². The summed E-state index contributed by atoms with van der Waals surface area (Å²) in [5.41, 5.74) is 2.91. The van der Waals surface area contributed by atoms with Gasteiger partial charge in [0.05, 0.1) is 12.2 Å². The van der Waals surface area contributed by atoms with Crippen molar-refractivity contribution in [3.05, 3.63) is 76.2 Å². The SMILES string of the molecule is CCOc1cc(C2C(C(=O)OC3CCCCC3)=C(C)Nc3ncnn32)ccc1OCc1ccccc1Cl. The van der Waals surface area contributed by atoms with E-state index in [9.17, 15) is 4.79 Å². The van der Waals surface area contributed by atoms with Gasteiger partial charge in [-0.2, -0.15) is 10.1 Å². The van der Waals surface area contributed by atoms with E-state index < -0.39 is 6.04 Å². The fourth-order valence-electron chi connectivity index (χ4n) is 4.91. The van der Waals surface area contributed by atoms with Crippen LogP contribution >= 0.6 is 11.6 Å². The van der Waals surface area contributed by atoms with Gasteiger partial charge in [-0.3, -0.25) is 0 Å². The van der Waals surface area contributed by atoms with Gasteiger partial charge in [-0.25, -0.2) is 9.48 Å². The number of hydrogen-bond donors (Lipinski definition) is 1. The highest BCUT2D eigenvalue weighted by Gasteiger charge is 2.36. The highest BCUT2D eigenvalue weighted by atomic mass is 35.5. The predicted molar refractivity (Wildman–Crippen MR) is 141 cm³/mol. The molecule has 2 aromatic carbocycles. The molecule has 2 heterocycles. The van der Waals surface area contributed by atoms with Gasteiger partial charge in [0.2, 0.25) is 5.95 Å². The van der Waals surface area contributed by atoms with Crippen LogP contribution in [0.2, 0.25) is 5.02 Å². The number of fused-ring (bicyclic) bond motifs is 1. The van der Waals surface area contributed by atoms with Gasteiger partial charge in [-0.1, -0.05) is 42.3 Å². The molecule has 1 unspecified atom stereocenters. The lowest BCUT2D eigenvalue weighted by Crippen LogP contribution is -2.32. The topological polar surface area (TPSA) is 87.5 Å². The number of rotatable bonds is 8. The first-order valence-corrected chi connectivity index (χ1v) is 13.1. The molecule has 0 saturated heterocycles. The van der Waals surface area contributed by atoms with Crippen molar-refractivity contribution in [3.8, 4) is 11.5 Å². The van der Waals surface area contributed by atoms with E-state index in [4.69, 9.17) is 25.8 Å². The Morgan fingerprint density at radius 3 is 2.70 bits per heavy atom. The molecular formula is C28H31ClN4O4. The first kappa shape index (κ1) is 25.1.